The number of hydrogen-bond acceptors (Lipinski definition) is 7. The van der Waals surface area contributed by atoms with Crippen LogP contribution >= 0.6 is 22.9 Å². The molecule has 0 radical (unpaired) electrons. The molecule has 29 heavy (non-hydrogen) atoms. The third-order valence-electron chi connectivity index (χ3n) is 3.63. The molecular weight excluding hydrogens is 434 g/mol. The normalized spacial score (nSPS) is 10.9. The van der Waals surface area contributed by atoms with Crippen molar-refractivity contribution >= 4 is 49.7 Å². The van der Waals surface area contributed by atoms with Crippen molar-refractivity contribution in [2.75, 3.05) is 10.0 Å². The Bertz CT molecular complexity index is 1200. The summed E-state index contributed by atoms with van der Waals surface area (Å²) >= 11 is 7.25. The lowest BCUT2D eigenvalue weighted by Gasteiger charge is -2.10. The van der Waals surface area contributed by atoms with Gasteiger partial charge in [0.1, 0.15) is 0 Å². The molecule has 1 aromatic carbocycles. The smallest absolute Gasteiger partial charge is 0.261 e. The Morgan fingerprint density at radius 3 is 2.69 bits per heavy atom. The molecule has 2 aromatic heterocycles. The predicted molar refractivity (Wildman–Crippen MR) is 111 cm³/mol. The summed E-state index contributed by atoms with van der Waals surface area (Å²) in [6, 6.07) is 11.4. The number of benzene rings is 1. The van der Waals surface area contributed by atoms with E-state index in [1.807, 2.05) is 6.07 Å². The SMILES string of the molecule is CC(=O)Nc1nc(CC#N)c(-c2cnc(Cl)c(NS(=O)(=O)c3ccccc3)c2)s1. The van der Waals surface area contributed by atoms with Crippen LogP contribution in [0.5, 0.6) is 0 Å². The van der Waals surface area contributed by atoms with Crippen LogP contribution in [0, 0.1) is 11.3 Å². The Balaban J connectivity index is 2.01. The van der Waals surface area contributed by atoms with Gasteiger partial charge in [0.15, 0.2) is 10.3 Å². The van der Waals surface area contributed by atoms with Gasteiger partial charge in [-0.25, -0.2) is 18.4 Å². The van der Waals surface area contributed by atoms with E-state index in [1.54, 1.807) is 18.2 Å². The number of carbonyl (C=O) groups excluding carboxylic acids is 1. The van der Waals surface area contributed by atoms with Crippen molar-refractivity contribution in [1.29, 1.82) is 5.26 Å². The average molecular weight is 448 g/mol. The Labute approximate surface area is 176 Å². The monoisotopic (exact) mass is 447 g/mol. The molecule has 0 saturated heterocycles. The fourth-order valence-corrected chi connectivity index (χ4v) is 4.72. The highest BCUT2D eigenvalue weighted by Gasteiger charge is 2.19. The zero-order chi connectivity index (χ0) is 21.0. The molecule has 2 heterocycles. The molecule has 0 atom stereocenters. The van der Waals surface area contributed by atoms with Crippen molar-refractivity contribution < 1.29 is 13.2 Å². The maximum atomic E-state index is 12.6. The van der Waals surface area contributed by atoms with Crippen LogP contribution in [-0.4, -0.2) is 24.3 Å². The number of thiazole rings is 1. The summed E-state index contributed by atoms with van der Waals surface area (Å²) in [5.74, 6) is -0.292. The van der Waals surface area contributed by atoms with Crippen molar-refractivity contribution in [2.45, 2.75) is 18.2 Å². The molecule has 0 unspecified atom stereocenters. The molecule has 8 nitrogen and oxygen atoms in total. The van der Waals surface area contributed by atoms with E-state index in [4.69, 9.17) is 16.9 Å². The van der Waals surface area contributed by atoms with E-state index >= 15 is 0 Å². The number of rotatable bonds is 6. The zero-order valence-electron chi connectivity index (χ0n) is 15.0. The van der Waals surface area contributed by atoms with E-state index in [1.165, 1.54) is 31.3 Å². The second-order valence-electron chi connectivity index (χ2n) is 5.79. The Morgan fingerprint density at radius 1 is 1.31 bits per heavy atom. The van der Waals surface area contributed by atoms with Crippen molar-refractivity contribution in [3.05, 3.63) is 53.4 Å². The number of nitriles is 1. The minimum absolute atomic E-state index is 0.0130. The van der Waals surface area contributed by atoms with E-state index in [-0.39, 0.29) is 28.1 Å². The number of carbonyl (C=O) groups is 1. The topological polar surface area (TPSA) is 125 Å². The fourth-order valence-electron chi connectivity index (χ4n) is 2.42. The number of amides is 1. The lowest BCUT2D eigenvalue weighted by atomic mass is 10.2. The van der Waals surface area contributed by atoms with Gasteiger partial charge in [-0.2, -0.15) is 5.26 Å². The molecule has 0 aliphatic rings. The maximum absolute atomic E-state index is 12.6. The highest BCUT2D eigenvalue weighted by atomic mass is 35.5. The van der Waals surface area contributed by atoms with E-state index in [2.05, 4.69) is 20.0 Å². The maximum Gasteiger partial charge on any atom is 0.261 e. The van der Waals surface area contributed by atoms with Crippen LogP contribution < -0.4 is 10.0 Å². The van der Waals surface area contributed by atoms with Crippen LogP contribution in [0.4, 0.5) is 10.8 Å². The highest BCUT2D eigenvalue weighted by molar-refractivity contribution is 7.92. The highest BCUT2D eigenvalue weighted by Crippen LogP contribution is 2.36. The lowest BCUT2D eigenvalue weighted by molar-refractivity contribution is -0.114. The number of nitrogens with one attached hydrogen (secondary N) is 2. The first-order valence-electron chi connectivity index (χ1n) is 8.18. The number of aromatic nitrogens is 2. The van der Waals surface area contributed by atoms with Crippen molar-refractivity contribution in [1.82, 2.24) is 9.97 Å². The fraction of sp³-hybridized carbons (Fsp3) is 0.111. The minimum atomic E-state index is -3.86. The molecule has 3 aromatic rings. The Hall–Kier alpha value is -3.00. The number of halogens is 1. The molecule has 2 N–H and O–H groups in total. The van der Waals surface area contributed by atoms with Crippen LogP contribution in [0.25, 0.3) is 10.4 Å². The molecule has 0 bridgehead atoms. The number of nitrogens with zero attached hydrogens (tertiary/aromatic N) is 3. The summed E-state index contributed by atoms with van der Waals surface area (Å²) in [4.78, 5) is 20.3. The third-order valence-corrected chi connectivity index (χ3v) is 6.37. The Kier molecular flexibility index (Phi) is 6.12. The van der Waals surface area contributed by atoms with Crippen LogP contribution in [0.1, 0.15) is 12.6 Å². The predicted octanol–water partition coefficient (Wildman–Crippen LogP) is 3.68. The van der Waals surface area contributed by atoms with E-state index < -0.39 is 10.0 Å². The van der Waals surface area contributed by atoms with Gasteiger partial charge in [0.2, 0.25) is 5.91 Å². The van der Waals surface area contributed by atoms with E-state index in [0.29, 0.717) is 21.3 Å². The quantitative estimate of drug-likeness (QED) is 0.555. The van der Waals surface area contributed by atoms with Crippen LogP contribution in [0.3, 0.4) is 0 Å². The summed E-state index contributed by atoms with van der Waals surface area (Å²) in [5, 5.41) is 11.9. The van der Waals surface area contributed by atoms with E-state index in [0.717, 1.165) is 11.3 Å². The number of hydrogen-bond donors (Lipinski definition) is 2. The number of anilines is 2. The zero-order valence-corrected chi connectivity index (χ0v) is 17.4. The standard InChI is InChI=1S/C18H14ClN5O3S2/c1-11(25)22-18-23-14(7-8-20)16(28-18)12-9-15(17(19)21-10-12)24-29(26,27)13-5-3-2-4-6-13/h2-6,9-10,24H,7H2,1H3,(H,22,23,25). The van der Waals surface area contributed by atoms with Gasteiger partial charge >= 0.3 is 0 Å². The molecule has 148 valence electrons. The van der Waals surface area contributed by atoms with Crippen molar-refractivity contribution in [3.63, 3.8) is 0 Å². The first kappa shape index (κ1) is 20.7. The van der Waals surface area contributed by atoms with E-state index in [9.17, 15) is 13.2 Å². The van der Waals surface area contributed by atoms with Gasteiger partial charge in [-0.05, 0) is 18.2 Å². The van der Waals surface area contributed by atoms with Crippen LogP contribution in [0.15, 0.2) is 47.5 Å². The van der Waals surface area contributed by atoms with Crippen LogP contribution in [0.2, 0.25) is 5.15 Å². The third kappa shape index (κ3) is 4.89. The molecule has 0 spiro atoms. The first-order valence-corrected chi connectivity index (χ1v) is 10.9. The first-order chi connectivity index (χ1) is 13.8. The molecule has 3 rings (SSSR count). The van der Waals surface area contributed by atoms with Gasteiger partial charge in [0, 0.05) is 18.7 Å². The summed E-state index contributed by atoms with van der Waals surface area (Å²) in [5.41, 5.74) is 1.05. The Morgan fingerprint density at radius 2 is 2.03 bits per heavy atom. The molecule has 0 fully saturated rings. The summed E-state index contributed by atoms with van der Waals surface area (Å²) in [6.45, 7) is 1.35. The number of sulfonamides is 1. The molecular formula is C18H14ClN5O3S2. The summed E-state index contributed by atoms with van der Waals surface area (Å²) in [6.07, 6.45) is 1.47. The van der Waals surface area contributed by atoms with Crippen molar-refractivity contribution in [2.24, 2.45) is 0 Å². The average Bonchev–Trinajstić information content (AvgIpc) is 3.06. The number of pyridine rings is 1. The van der Waals surface area contributed by atoms with Gasteiger partial charge in [-0.3, -0.25) is 9.52 Å². The largest absolute Gasteiger partial charge is 0.302 e. The summed E-state index contributed by atoms with van der Waals surface area (Å²) in [7, 11) is -3.86. The second kappa shape index (κ2) is 8.57. The lowest BCUT2D eigenvalue weighted by Crippen LogP contribution is -2.13. The van der Waals surface area contributed by atoms with Gasteiger partial charge < -0.3 is 5.32 Å². The van der Waals surface area contributed by atoms with Gasteiger partial charge in [0.05, 0.1) is 33.6 Å². The minimum Gasteiger partial charge on any atom is -0.302 e. The van der Waals surface area contributed by atoms with Gasteiger partial charge in [-0.1, -0.05) is 41.1 Å². The van der Waals surface area contributed by atoms with Crippen LogP contribution in [-0.2, 0) is 21.2 Å². The molecule has 11 heteroatoms. The molecule has 0 saturated carbocycles. The second-order valence-corrected chi connectivity index (χ2v) is 8.83. The summed E-state index contributed by atoms with van der Waals surface area (Å²) < 4.78 is 27.6. The molecule has 0 aliphatic carbocycles. The van der Waals surface area contributed by atoms with Gasteiger partial charge in [0.25, 0.3) is 10.0 Å². The van der Waals surface area contributed by atoms with Gasteiger partial charge in [-0.15, -0.1) is 0 Å². The molecule has 1 amide bonds. The molecule has 0 aliphatic heterocycles. The van der Waals surface area contributed by atoms with Crippen molar-refractivity contribution in [3.8, 4) is 16.5 Å².